The van der Waals surface area contributed by atoms with Crippen LogP contribution in [0.5, 0.6) is 0 Å². The third-order valence-corrected chi connectivity index (χ3v) is 3.55. The molecule has 0 spiro atoms. The monoisotopic (exact) mass is 256 g/mol. The minimum absolute atomic E-state index is 0.0569. The van der Waals surface area contributed by atoms with E-state index in [0.29, 0.717) is 13.2 Å². The summed E-state index contributed by atoms with van der Waals surface area (Å²) in [5.74, 6) is -0.202. The van der Waals surface area contributed by atoms with Gasteiger partial charge in [-0.3, -0.25) is 9.59 Å². The molecule has 1 aliphatic heterocycles. The highest BCUT2D eigenvalue weighted by Gasteiger charge is 2.37. The zero-order valence-electron chi connectivity index (χ0n) is 11.4. The lowest BCUT2D eigenvalue weighted by atomic mass is 9.77. The van der Waals surface area contributed by atoms with Gasteiger partial charge in [-0.2, -0.15) is 0 Å². The van der Waals surface area contributed by atoms with Crippen molar-refractivity contribution in [3.05, 3.63) is 0 Å². The van der Waals surface area contributed by atoms with Crippen LogP contribution in [0.25, 0.3) is 0 Å². The molecule has 0 aliphatic carbocycles. The van der Waals surface area contributed by atoms with Crippen molar-refractivity contribution in [2.45, 2.75) is 39.5 Å². The summed E-state index contributed by atoms with van der Waals surface area (Å²) in [7, 11) is 0. The summed E-state index contributed by atoms with van der Waals surface area (Å²) in [5, 5.41) is 6.13. The Morgan fingerprint density at radius 3 is 2.72 bits per heavy atom. The van der Waals surface area contributed by atoms with Crippen LogP contribution in [0.15, 0.2) is 0 Å². The number of hydrogen-bond donors (Lipinski definition) is 2. The van der Waals surface area contributed by atoms with E-state index < -0.39 is 0 Å². The molecule has 0 bridgehead atoms. The summed E-state index contributed by atoms with van der Waals surface area (Å²) < 4.78 is 4.82. The molecule has 1 fully saturated rings. The normalized spacial score (nSPS) is 23.4. The molecule has 0 aromatic rings. The van der Waals surface area contributed by atoms with E-state index in [4.69, 9.17) is 4.74 Å². The fourth-order valence-electron chi connectivity index (χ4n) is 2.32. The molecule has 0 radical (unpaired) electrons. The predicted molar refractivity (Wildman–Crippen MR) is 69.1 cm³/mol. The molecule has 1 atom stereocenters. The van der Waals surface area contributed by atoms with Gasteiger partial charge in [0.2, 0.25) is 5.91 Å². The van der Waals surface area contributed by atoms with E-state index >= 15 is 0 Å². The minimum atomic E-state index is -0.299. The molecule has 5 nitrogen and oxygen atoms in total. The Balaban J connectivity index is 2.36. The standard InChI is InChI=1S/C13H24N2O3/c1-3-13(7-5-8-14-10-13)12(17)15-9-6-11(16)18-4-2/h14H,3-10H2,1-2H3,(H,15,17). The van der Waals surface area contributed by atoms with Crippen molar-refractivity contribution < 1.29 is 14.3 Å². The maximum atomic E-state index is 12.2. The van der Waals surface area contributed by atoms with Gasteiger partial charge in [0.25, 0.3) is 0 Å². The zero-order valence-corrected chi connectivity index (χ0v) is 11.4. The molecular formula is C13H24N2O3. The van der Waals surface area contributed by atoms with Crippen LogP contribution in [0.4, 0.5) is 0 Å². The molecule has 18 heavy (non-hydrogen) atoms. The van der Waals surface area contributed by atoms with Crippen LogP contribution in [0.2, 0.25) is 0 Å². The second-order valence-electron chi connectivity index (χ2n) is 4.73. The molecule has 0 saturated carbocycles. The van der Waals surface area contributed by atoms with Gasteiger partial charge in [-0.1, -0.05) is 6.92 Å². The van der Waals surface area contributed by atoms with Crippen molar-refractivity contribution in [1.82, 2.24) is 10.6 Å². The van der Waals surface area contributed by atoms with Gasteiger partial charge < -0.3 is 15.4 Å². The lowest BCUT2D eigenvalue weighted by Crippen LogP contribution is -2.50. The number of carbonyl (C=O) groups is 2. The molecule has 0 aromatic heterocycles. The van der Waals surface area contributed by atoms with E-state index in [0.717, 1.165) is 32.4 Å². The summed E-state index contributed by atoms with van der Waals surface area (Å²) in [6.07, 6.45) is 3.01. The van der Waals surface area contributed by atoms with Gasteiger partial charge in [0.15, 0.2) is 0 Å². The van der Waals surface area contributed by atoms with Crippen LogP contribution < -0.4 is 10.6 Å². The van der Waals surface area contributed by atoms with Gasteiger partial charge in [0.05, 0.1) is 18.4 Å². The molecule has 1 aliphatic rings. The summed E-state index contributed by atoms with van der Waals surface area (Å²) in [4.78, 5) is 23.4. The summed E-state index contributed by atoms with van der Waals surface area (Å²) >= 11 is 0. The Bertz CT molecular complexity index is 286. The molecule has 5 heteroatoms. The molecule has 104 valence electrons. The number of ether oxygens (including phenoxy) is 1. The Morgan fingerprint density at radius 2 is 2.17 bits per heavy atom. The van der Waals surface area contributed by atoms with Crippen molar-refractivity contribution in [3.63, 3.8) is 0 Å². The number of hydrogen-bond acceptors (Lipinski definition) is 4. The van der Waals surface area contributed by atoms with E-state index in [1.165, 1.54) is 0 Å². The van der Waals surface area contributed by atoms with Crippen molar-refractivity contribution >= 4 is 11.9 Å². The zero-order chi connectivity index (χ0) is 13.4. The lowest BCUT2D eigenvalue weighted by molar-refractivity contribution is -0.143. The van der Waals surface area contributed by atoms with Gasteiger partial charge in [-0.25, -0.2) is 0 Å². The van der Waals surface area contributed by atoms with Crippen molar-refractivity contribution in [2.24, 2.45) is 5.41 Å². The van der Waals surface area contributed by atoms with E-state index in [-0.39, 0.29) is 23.7 Å². The van der Waals surface area contributed by atoms with E-state index in [2.05, 4.69) is 10.6 Å². The van der Waals surface area contributed by atoms with Crippen molar-refractivity contribution in [2.75, 3.05) is 26.2 Å². The quantitative estimate of drug-likeness (QED) is 0.691. The maximum absolute atomic E-state index is 12.2. The van der Waals surface area contributed by atoms with Crippen molar-refractivity contribution in [1.29, 1.82) is 0 Å². The number of amides is 1. The molecule has 1 saturated heterocycles. The highest BCUT2D eigenvalue weighted by Crippen LogP contribution is 2.30. The first kappa shape index (κ1) is 15.0. The summed E-state index contributed by atoms with van der Waals surface area (Å²) in [5.41, 5.74) is -0.299. The number of piperidine rings is 1. The van der Waals surface area contributed by atoms with Gasteiger partial charge in [-0.15, -0.1) is 0 Å². The molecule has 2 N–H and O–H groups in total. The first-order valence-corrected chi connectivity index (χ1v) is 6.79. The fraction of sp³-hybridized carbons (Fsp3) is 0.846. The first-order chi connectivity index (χ1) is 8.64. The third-order valence-electron chi connectivity index (χ3n) is 3.55. The van der Waals surface area contributed by atoms with Crippen molar-refractivity contribution in [3.8, 4) is 0 Å². The van der Waals surface area contributed by atoms with Gasteiger partial charge in [0.1, 0.15) is 0 Å². The van der Waals surface area contributed by atoms with E-state index in [9.17, 15) is 9.59 Å². The fourth-order valence-corrected chi connectivity index (χ4v) is 2.32. The Hall–Kier alpha value is -1.10. The molecule has 1 unspecified atom stereocenters. The lowest BCUT2D eigenvalue weighted by Gasteiger charge is -2.35. The second-order valence-corrected chi connectivity index (χ2v) is 4.73. The van der Waals surface area contributed by atoms with Crippen LogP contribution in [0.1, 0.15) is 39.5 Å². The third kappa shape index (κ3) is 3.98. The van der Waals surface area contributed by atoms with Crippen LogP contribution >= 0.6 is 0 Å². The van der Waals surface area contributed by atoms with Crippen LogP contribution in [0.3, 0.4) is 0 Å². The minimum Gasteiger partial charge on any atom is -0.466 e. The highest BCUT2D eigenvalue weighted by atomic mass is 16.5. The van der Waals surface area contributed by atoms with Crippen LogP contribution in [0, 0.1) is 5.41 Å². The van der Waals surface area contributed by atoms with E-state index in [1.807, 2.05) is 6.92 Å². The SMILES string of the molecule is CCOC(=O)CCNC(=O)C1(CC)CCCNC1. The average Bonchev–Trinajstić information content (AvgIpc) is 2.39. The molecule has 1 rings (SSSR count). The van der Waals surface area contributed by atoms with Crippen LogP contribution in [-0.4, -0.2) is 38.1 Å². The number of carbonyl (C=O) groups excluding carboxylic acids is 2. The molecular weight excluding hydrogens is 232 g/mol. The van der Waals surface area contributed by atoms with Gasteiger partial charge in [-0.05, 0) is 32.7 Å². The van der Waals surface area contributed by atoms with Gasteiger partial charge in [0, 0.05) is 13.1 Å². The van der Waals surface area contributed by atoms with Gasteiger partial charge >= 0.3 is 5.97 Å². The Morgan fingerprint density at radius 1 is 1.39 bits per heavy atom. The van der Waals surface area contributed by atoms with E-state index in [1.54, 1.807) is 6.92 Å². The molecule has 1 amide bonds. The highest BCUT2D eigenvalue weighted by molar-refractivity contribution is 5.83. The number of nitrogens with one attached hydrogen (secondary N) is 2. The Labute approximate surface area is 109 Å². The smallest absolute Gasteiger partial charge is 0.307 e. The number of esters is 1. The first-order valence-electron chi connectivity index (χ1n) is 6.79. The largest absolute Gasteiger partial charge is 0.466 e. The summed E-state index contributed by atoms with van der Waals surface area (Å²) in [6, 6.07) is 0. The predicted octanol–water partition coefficient (Wildman–Crippen LogP) is 0.836. The summed E-state index contributed by atoms with van der Waals surface area (Å²) in [6.45, 7) is 6.27. The molecule has 0 aromatic carbocycles. The Kier molecular flexibility index (Phi) is 6.12. The topological polar surface area (TPSA) is 67.4 Å². The maximum Gasteiger partial charge on any atom is 0.307 e. The second kappa shape index (κ2) is 7.36. The number of rotatable bonds is 6. The average molecular weight is 256 g/mol. The molecule has 1 heterocycles. The van der Waals surface area contributed by atoms with Crippen LogP contribution in [-0.2, 0) is 14.3 Å².